The summed E-state index contributed by atoms with van der Waals surface area (Å²) in [4.78, 5) is 2.61. The van der Waals surface area contributed by atoms with E-state index in [1.54, 1.807) is 0 Å². The number of morpholine rings is 1. The van der Waals surface area contributed by atoms with Gasteiger partial charge in [-0.25, -0.2) is 0 Å². The summed E-state index contributed by atoms with van der Waals surface area (Å²) in [6.07, 6.45) is 4.95. The second kappa shape index (κ2) is 9.93. The van der Waals surface area contributed by atoms with Crippen LogP contribution in [0.25, 0.3) is 0 Å². The molecular formula is C18H30N2O. The van der Waals surface area contributed by atoms with Gasteiger partial charge in [-0.3, -0.25) is 4.90 Å². The average Bonchev–Trinajstić information content (AvgIpc) is 2.54. The number of hydrogen-bond donors (Lipinski definition) is 1. The van der Waals surface area contributed by atoms with Gasteiger partial charge in [0.05, 0.1) is 13.2 Å². The van der Waals surface area contributed by atoms with E-state index in [0.29, 0.717) is 6.04 Å². The van der Waals surface area contributed by atoms with Crippen LogP contribution in [-0.2, 0) is 11.2 Å². The van der Waals surface area contributed by atoms with Gasteiger partial charge >= 0.3 is 0 Å². The number of unbranched alkanes of at least 4 members (excludes halogenated alkanes) is 1. The summed E-state index contributed by atoms with van der Waals surface area (Å²) in [5.74, 6) is 0. The lowest BCUT2D eigenvalue weighted by Gasteiger charge is -2.35. The average molecular weight is 290 g/mol. The fraction of sp³-hybridized carbons (Fsp3) is 0.667. The minimum atomic E-state index is 0.557. The maximum atomic E-state index is 5.64. The first-order valence-corrected chi connectivity index (χ1v) is 8.46. The molecule has 1 aliphatic rings. The SMILES string of the molecule is CCCNCC1COCCN1CCCCc1ccccc1. The Morgan fingerprint density at radius 3 is 2.90 bits per heavy atom. The van der Waals surface area contributed by atoms with Crippen molar-refractivity contribution in [2.75, 3.05) is 39.4 Å². The number of rotatable bonds is 9. The Bertz CT molecular complexity index is 369. The molecule has 0 bridgehead atoms. The molecule has 1 unspecified atom stereocenters. The summed E-state index contributed by atoms with van der Waals surface area (Å²) >= 11 is 0. The van der Waals surface area contributed by atoms with Crippen molar-refractivity contribution in [1.29, 1.82) is 0 Å². The zero-order valence-electron chi connectivity index (χ0n) is 13.4. The molecule has 0 radical (unpaired) electrons. The van der Waals surface area contributed by atoms with Gasteiger partial charge in [0.25, 0.3) is 0 Å². The fourth-order valence-corrected chi connectivity index (χ4v) is 2.91. The van der Waals surface area contributed by atoms with Crippen molar-refractivity contribution in [2.45, 2.75) is 38.6 Å². The summed E-state index contributed by atoms with van der Waals surface area (Å²) in [6.45, 7) is 8.45. The molecule has 1 aromatic rings. The van der Waals surface area contributed by atoms with Crippen LogP contribution in [0.15, 0.2) is 30.3 Å². The predicted molar refractivity (Wildman–Crippen MR) is 88.7 cm³/mol. The molecule has 1 aliphatic heterocycles. The Morgan fingerprint density at radius 2 is 2.10 bits per heavy atom. The largest absolute Gasteiger partial charge is 0.378 e. The highest BCUT2D eigenvalue weighted by Gasteiger charge is 2.21. The molecule has 1 fully saturated rings. The number of ether oxygens (including phenoxy) is 1. The summed E-state index contributed by atoms with van der Waals surface area (Å²) in [6, 6.07) is 11.4. The Morgan fingerprint density at radius 1 is 1.24 bits per heavy atom. The normalized spacial score (nSPS) is 19.8. The van der Waals surface area contributed by atoms with E-state index in [1.807, 2.05) is 0 Å². The summed E-state index contributed by atoms with van der Waals surface area (Å²) in [5, 5.41) is 3.53. The van der Waals surface area contributed by atoms with Crippen molar-refractivity contribution >= 4 is 0 Å². The predicted octanol–water partition coefficient (Wildman–Crippen LogP) is 2.71. The molecule has 0 amide bonds. The minimum absolute atomic E-state index is 0.557. The molecule has 1 heterocycles. The van der Waals surface area contributed by atoms with E-state index in [2.05, 4.69) is 47.5 Å². The second-order valence-electron chi connectivity index (χ2n) is 5.91. The molecule has 1 atom stereocenters. The van der Waals surface area contributed by atoms with Crippen LogP contribution in [-0.4, -0.2) is 50.3 Å². The van der Waals surface area contributed by atoms with Gasteiger partial charge in [-0.15, -0.1) is 0 Å². The fourth-order valence-electron chi connectivity index (χ4n) is 2.91. The molecule has 3 nitrogen and oxygen atoms in total. The van der Waals surface area contributed by atoms with Gasteiger partial charge < -0.3 is 10.1 Å². The van der Waals surface area contributed by atoms with Crippen LogP contribution < -0.4 is 5.32 Å². The quantitative estimate of drug-likeness (QED) is 0.708. The van der Waals surface area contributed by atoms with Gasteiger partial charge in [0, 0.05) is 19.1 Å². The van der Waals surface area contributed by atoms with E-state index >= 15 is 0 Å². The van der Waals surface area contributed by atoms with Crippen LogP contribution in [0.4, 0.5) is 0 Å². The van der Waals surface area contributed by atoms with Gasteiger partial charge in [-0.05, 0) is 44.3 Å². The van der Waals surface area contributed by atoms with Crippen molar-refractivity contribution < 1.29 is 4.74 Å². The van der Waals surface area contributed by atoms with Crippen molar-refractivity contribution in [3.05, 3.63) is 35.9 Å². The Balaban J connectivity index is 1.65. The first-order chi connectivity index (χ1) is 10.4. The smallest absolute Gasteiger partial charge is 0.0634 e. The highest BCUT2D eigenvalue weighted by molar-refractivity contribution is 5.14. The van der Waals surface area contributed by atoms with Crippen molar-refractivity contribution in [3.8, 4) is 0 Å². The highest BCUT2D eigenvalue weighted by Crippen LogP contribution is 2.10. The zero-order valence-corrected chi connectivity index (χ0v) is 13.4. The molecular weight excluding hydrogens is 260 g/mol. The number of aryl methyl sites for hydroxylation is 1. The molecule has 118 valence electrons. The number of nitrogens with one attached hydrogen (secondary N) is 1. The van der Waals surface area contributed by atoms with Gasteiger partial charge in [-0.2, -0.15) is 0 Å². The summed E-state index contributed by atoms with van der Waals surface area (Å²) in [5.41, 5.74) is 1.46. The Hall–Kier alpha value is -0.900. The molecule has 21 heavy (non-hydrogen) atoms. The van der Waals surface area contributed by atoms with Crippen LogP contribution in [0.3, 0.4) is 0 Å². The Kier molecular flexibility index (Phi) is 7.79. The first-order valence-electron chi connectivity index (χ1n) is 8.46. The zero-order chi connectivity index (χ0) is 14.8. The maximum absolute atomic E-state index is 5.64. The van der Waals surface area contributed by atoms with Crippen LogP contribution in [0.1, 0.15) is 31.7 Å². The molecule has 1 saturated heterocycles. The lowest BCUT2D eigenvalue weighted by molar-refractivity contribution is -0.00728. The van der Waals surface area contributed by atoms with Crippen molar-refractivity contribution in [1.82, 2.24) is 10.2 Å². The molecule has 0 aliphatic carbocycles. The highest BCUT2D eigenvalue weighted by atomic mass is 16.5. The third-order valence-electron chi connectivity index (χ3n) is 4.16. The third-order valence-corrected chi connectivity index (χ3v) is 4.16. The summed E-state index contributed by atoms with van der Waals surface area (Å²) in [7, 11) is 0. The lowest BCUT2D eigenvalue weighted by Crippen LogP contribution is -2.50. The number of hydrogen-bond acceptors (Lipinski definition) is 3. The van der Waals surface area contributed by atoms with E-state index in [0.717, 1.165) is 32.8 Å². The topological polar surface area (TPSA) is 24.5 Å². The molecule has 1 N–H and O–H groups in total. The lowest BCUT2D eigenvalue weighted by atomic mass is 10.1. The van der Waals surface area contributed by atoms with Gasteiger partial charge in [-0.1, -0.05) is 37.3 Å². The molecule has 2 rings (SSSR count). The van der Waals surface area contributed by atoms with Crippen molar-refractivity contribution in [2.24, 2.45) is 0 Å². The van der Waals surface area contributed by atoms with E-state index < -0.39 is 0 Å². The maximum Gasteiger partial charge on any atom is 0.0634 e. The monoisotopic (exact) mass is 290 g/mol. The van der Waals surface area contributed by atoms with E-state index in [9.17, 15) is 0 Å². The van der Waals surface area contributed by atoms with E-state index in [1.165, 1.54) is 37.8 Å². The molecule has 0 spiro atoms. The number of benzene rings is 1. The van der Waals surface area contributed by atoms with E-state index in [-0.39, 0.29) is 0 Å². The van der Waals surface area contributed by atoms with Crippen LogP contribution in [0, 0.1) is 0 Å². The first kappa shape index (κ1) is 16.5. The van der Waals surface area contributed by atoms with Crippen molar-refractivity contribution in [3.63, 3.8) is 0 Å². The van der Waals surface area contributed by atoms with Gasteiger partial charge in [0.2, 0.25) is 0 Å². The van der Waals surface area contributed by atoms with Crippen LogP contribution >= 0.6 is 0 Å². The van der Waals surface area contributed by atoms with Gasteiger partial charge in [0.15, 0.2) is 0 Å². The number of nitrogens with zero attached hydrogens (tertiary/aromatic N) is 1. The second-order valence-corrected chi connectivity index (χ2v) is 5.91. The molecule has 0 saturated carbocycles. The molecule has 0 aromatic heterocycles. The van der Waals surface area contributed by atoms with Crippen LogP contribution in [0.2, 0.25) is 0 Å². The third kappa shape index (κ3) is 6.16. The van der Waals surface area contributed by atoms with Gasteiger partial charge in [0.1, 0.15) is 0 Å². The minimum Gasteiger partial charge on any atom is -0.378 e. The standard InChI is InChI=1S/C18H30N2O/c1-2-11-19-15-18-16-21-14-13-20(18)12-7-6-10-17-8-4-3-5-9-17/h3-5,8-9,18-19H,2,6-7,10-16H2,1H3. The Labute approximate surface area is 129 Å². The van der Waals surface area contributed by atoms with Crippen LogP contribution in [0.5, 0.6) is 0 Å². The molecule has 3 heteroatoms. The summed E-state index contributed by atoms with van der Waals surface area (Å²) < 4.78 is 5.64. The van der Waals surface area contributed by atoms with E-state index in [4.69, 9.17) is 4.74 Å². The molecule has 1 aromatic carbocycles.